The fourth-order valence-corrected chi connectivity index (χ4v) is 0.402. The largest absolute Gasteiger partial charge is 0 e. The van der Waals surface area contributed by atoms with E-state index in [4.69, 9.17) is 14.7 Å². The maximum atomic E-state index is 7.89. The van der Waals surface area contributed by atoms with Gasteiger partial charge in [0.15, 0.2) is 17.4 Å². The van der Waals surface area contributed by atoms with E-state index in [1.807, 2.05) is 0 Å². The molecule has 5 nitrogen and oxygen atoms in total. The fourth-order valence-electron chi connectivity index (χ4n) is 0.0447. The fraction of sp³-hybridized carbons (Fsp3) is 0. The molecule has 0 aliphatic carbocycles. The quantitative estimate of drug-likeness (QED) is 0.192. The van der Waals surface area contributed by atoms with Gasteiger partial charge in [0.2, 0.25) is 0 Å². The molecule has 0 amide bonds. The second-order valence-electron chi connectivity index (χ2n) is 0.982. The molecule has 0 aromatic heterocycles. The summed E-state index contributed by atoms with van der Waals surface area (Å²) in [6, 6.07) is 0. The smallest absolute Gasteiger partial charge is 0 e. The molecular formula is H7AlCoLiNiO5P. The Kier molecular flexibility index (Phi) is 13.5. The second kappa shape index (κ2) is 5.91. The Labute approximate surface area is 101 Å². The number of rotatable bonds is 0. The van der Waals surface area contributed by atoms with E-state index in [-0.39, 0.29) is 69.5 Å². The first-order valence-corrected chi connectivity index (χ1v) is 3.06. The molecule has 65 valence electrons. The zero-order valence-electron chi connectivity index (χ0n) is 3.25. The first-order chi connectivity index (χ1) is 2.47. The Bertz CT molecular complexity index is 85.4. The summed E-state index contributed by atoms with van der Waals surface area (Å²) in [5.41, 5.74) is 0. The molecule has 0 atom stereocenters. The first kappa shape index (κ1) is 22.8. The summed E-state index contributed by atoms with van der Waals surface area (Å²) in [5.74, 6) is 0. The van der Waals surface area contributed by atoms with Crippen molar-refractivity contribution in [3.63, 3.8) is 0 Å². The van der Waals surface area contributed by atoms with Crippen LogP contribution >= 0.6 is 7.74 Å². The van der Waals surface area contributed by atoms with E-state index in [1.165, 1.54) is 0 Å². The van der Waals surface area contributed by atoms with Crippen LogP contribution < -0.4 is 0 Å². The van der Waals surface area contributed by atoms with E-state index in [0.29, 0.717) is 0 Å². The van der Waals surface area contributed by atoms with Gasteiger partial charge in [-0.15, -0.1) is 0 Å². The maximum Gasteiger partial charge on any atom is 0 e. The Morgan fingerprint density at radius 1 is 1.00 bits per heavy atom. The molecule has 3 N–H and O–H groups in total. The van der Waals surface area contributed by atoms with Gasteiger partial charge in [-0.3, -0.25) is 0 Å². The average molecular weight is 270 g/mol. The Balaban J connectivity index is -0.0000000450. The molecule has 0 saturated carbocycles. The van der Waals surface area contributed by atoms with Crippen molar-refractivity contribution in [2.24, 2.45) is 0 Å². The molecule has 1 rings (SSSR count). The van der Waals surface area contributed by atoms with E-state index in [9.17, 15) is 0 Å². The topological polar surface area (TPSA) is 85.8 Å². The van der Waals surface area contributed by atoms with Crippen LogP contribution in [0.2, 0.25) is 0 Å². The van der Waals surface area contributed by atoms with Crippen molar-refractivity contribution in [2.75, 3.05) is 0 Å². The Hall–Kier alpha value is 2.36. The Morgan fingerprint density at radius 2 is 1.10 bits per heavy atom. The second-order valence-corrected chi connectivity index (χ2v) is 2.95. The third-order valence-corrected chi connectivity index (χ3v) is 0.824. The molecule has 0 bridgehead atoms. The van der Waals surface area contributed by atoms with Crippen molar-refractivity contribution in [1.82, 2.24) is 0 Å². The van der Waals surface area contributed by atoms with Crippen LogP contribution in [0.3, 0.4) is 0 Å². The SMILES string of the molecule is OP1(O)(O)OO1.[AlH3].[Co].[LiH].[Ni]. The van der Waals surface area contributed by atoms with Crippen LogP contribution in [0.25, 0.3) is 0 Å². The molecule has 0 unspecified atom stereocenters. The minimum atomic E-state index is -4.80. The molecule has 1 radical (unpaired) electrons. The molecule has 10 heavy (non-hydrogen) atoms. The minimum Gasteiger partial charge on any atom is 0 e. The van der Waals surface area contributed by atoms with Crippen LogP contribution in [0.4, 0.5) is 0 Å². The zero-order chi connectivity index (χ0) is 4.86. The molecule has 1 aliphatic heterocycles. The Morgan fingerprint density at radius 3 is 1.10 bits per heavy atom. The third kappa shape index (κ3) is 10.4. The van der Waals surface area contributed by atoms with Crippen molar-refractivity contribution in [3.8, 4) is 0 Å². The summed E-state index contributed by atoms with van der Waals surface area (Å²) < 4.78 is 6.76. The van der Waals surface area contributed by atoms with Gasteiger partial charge in [0.05, 0.1) is 0 Å². The monoisotopic (exact) mass is 269 g/mol. The molecule has 1 heterocycles. The van der Waals surface area contributed by atoms with Gasteiger partial charge in [-0.1, -0.05) is 0 Å². The summed E-state index contributed by atoms with van der Waals surface area (Å²) >= 11 is 0. The maximum absolute atomic E-state index is 7.89. The standard InChI is InChI=1S/Al.Co.Li.Ni.H3O5P.4H/c;;;;1-6(2,3)4-5-6;;;;/h;;;;1-3H;;;;. The van der Waals surface area contributed by atoms with Crippen molar-refractivity contribution >= 4 is 44.0 Å². The zero-order valence-corrected chi connectivity index (χ0v) is 6.18. The van der Waals surface area contributed by atoms with Gasteiger partial charge in [0, 0.05) is 33.3 Å². The van der Waals surface area contributed by atoms with Gasteiger partial charge >= 0.3 is 50.6 Å². The molecule has 10 heteroatoms. The van der Waals surface area contributed by atoms with Crippen molar-refractivity contribution in [2.45, 2.75) is 0 Å². The van der Waals surface area contributed by atoms with Crippen LogP contribution in [0.5, 0.6) is 0 Å². The summed E-state index contributed by atoms with van der Waals surface area (Å²) in [7, 11) is -4.80. The predicted octanol–water partition coefficient (Wildman–Crippen LogP) is -2.78. The van der Waals surface area contributed by atoms with Crippen LogP contribution in [0.15, 0.2) is 0 Å². The van der Waals surface area contributed by atoms with Crippen LogP contribution in [-0.4, -0.2) is 50.9 Å². The molecule has 1 fully saturated rings. The van der Waals surface area contributed by atoms with E-state index in [0.717, 1.165) is 0 Å². The van der Waals surface area contributed by atoms with Crippen LogP contribution in [0, 0.1) is 0 Å². The molecular weight excluding hydrogens is 263 g/mol. The summed E-state index contributed by atoms with van der Waals surface area (Å²) in [6.45, 7) is 0. The molecule has 0 spiro atoms. The van der Waals surface area contributed by atoms with Crippen LogP contribution in [0.1, 0.15) is 0 Å². The van der Waals surface area contributed by atoms with Crippen LogP contribution in [-0.2, 0) is 42.6 Å². The molecule has 0 aromatic carbocycles. The molecule has 1 aliphatic rings. The number of hydrogen-bond acceptors (Lipinski definition) is 5. The van der Waals surface area contributed by atoms with Gasteiger partial charge in [-0.25, -0.2) is 0 Å². The minimum absolute atomic E-state index is 0. The van der Waals surface area contributed by atoms with Gasteiger partial charge in [-0.05, 0) is 0 Å². The average Bonchev–Trinajstić information content (AvgIpc) is 1.73. The van der Waals surface area contributed by atoms with Gasteiger partial charge < -0.3 is 0 Å². The molecule has 1 saturated heterocycles. The third-order valence-electron chi connectivity index (χ3n) is 0.275. The summed E-state index contributed by atoms with van der Waals surface area (Å²) in [5, 5.41) is 0. The molecule has 0 aromatic rings. The summed E-state index contributed by atoms with van der Waals surface area (Å²) in [4.78, 5) is 23.7. The van der Waals surface area contributed by atoms with E-state index in [1.54, 1.807) is 0 Å². The van der Waals surface area contributed by atoms with Crippen molar-refractivity contribution < 1.29 is 57.3 Å². The first-order valence-electron chi connectivity index (χ1n) is 1.13. The summed E-state index contributed by atoms with van der Waals surface area (Å²) in [6.07, 6.45) is 0. The van der Waals surface area contributed by atoms with E-state index < -0.39 is 7.74 Å². The van der Waals surface area contributed by atoms with Gasteiger partial charge in [-0.2, -0.15) is 0 Å². The van der Waals surface area contributed by atoms with E-state index in [2.05, 4.69) is 9.35 Å². The van der Waals surface area contributed by atoms with Gasteiger partial charge in [0.1, 0.15) is 0 Å². The van der Waals surface area contributed by atoms with Crippen molar-refractivity contribution in [1.29, 1.82) is 0 Å². The number of hydrogen-bond donors (Lipinski definition) is 3. The predicted molar refractivity (Wildman–Crippen MR) is 32.8 cm³/mol. The van der Waals surface area contributed by atoms with Crippen molar-refractivity contribution in [3.05, 3.63) is 0 Å². The van der Waals surface area contributed by atoms with E-state index >= 15 is 0 Å². The normalized spacial score (nSPS) is 25.7. The van der Waals surface area contributed by atoms with Gasteiger partial charge in [0.25, 0.3) is 0 Å².